The van der Waals surface area contributed by atoms with Gasteiger partial charge in [0.2, 0.25) is 0 Å². The Morgan fingerprint density at radius 2 is 1.04 bits per heavy atom. The first-order chi connectivity index (χ1) is 13.0. The summed E-state index contributed by atoms with van der Waals surface area (Å²) in [6, 6.07) is 12.2. The van der Waals surface area contributed by atoms with Crippen LogP contribution in [0.5, 0.6) is 0 Å². The molecule has 0 aliphatic carbocycles. The molecule has 3 nitrogen and oxygen atoms in total. The molecule has 3 heteroatoms. The topological polar surface area (TPSA) is 39.4 Å². The molecule has 2 aromatic carbocycles. The van der Waals surface area contributed by atoms with Crippen molar-refractivity contribution in [2.45, 2.75) is 27.7 Å². The van der Waals surface area contributed by atoms with Crippen LogP contribution in [0.4, 0.5) is 0 Å². The summed E-state index contributed by atoms with van der Waals surface area (Å²) in [5.74, 6) is 0. The summed E-state index contributed by atoms with van der Waals surface area (Å²) in [5.41, 5.74) is 9.00. The Hall–Kier alpha value is -3.20. The van der Waals surface area contributed by atoms with Gasteiger partial charge in [0.25, 0.3) is 0 Å². The highest BCUT2D eigenvalue weighted by molar-refractivity contribution is 6.05. The number of hydrogen-bond acceptors (Lipinski definition) is 3. The van der Waals surface area contributed by atoms with Gasteiger partial charge in [0.15, 0.2) is 0 Å². The Morgan fingerprint density at radius 3 is 1.41 bits per heavy atom. The molecule has 27 heavy (non-hydrogen) atoms. The van der Waals surface area contributed by atoms with Crippen molar-refractivity contribution < 1.29 is 13.3 Å². The summed E-state index contributed by atoms with van der Waals surface area (Å²) in [6.07, 6.45) is 6.95. The third-order valence-corrected chi connectivity index (χ3v) is 4.75. The zero-order chi connectivity index (χ0) is 19.0. The summed E-state index contributed by atoms with van der Waals surface area (Å²) in [6.45, 7) is 8.45. The number of hydrogen-bond donors (Lipinski definition) is 0. The van der Waals surface area contributed by atoms with Gasteiger partial charge in [-0.05, 0) is 74.2 Å². The van der Waals surface area contributed by atoms with E-state index in [1.165, 1.54) is 33.0 Å². The third-order valence-electron chi connectivity index (χ3n) is 4.75. The van der Waals surface area contributed by atoms with Crippen molar-refractivity contribution in [3.63, 3.8) is 0 Å². The van der Waals surface area contributed by atoms with E-state index in [0.29, 0.717) is 0 Å². The maximum absolute atomic E-state index is 5.81. The van der Waals surface area contributed by atoms with E-state index in [-0.39, 0.29) is 0 Å². The van der Waals surface area contributed by atoms with Gasteiger partial charge in [-0.15, -0.1) is 0 Å². The zero-order valence-corrected chi connectivity index (χ0v) is 16.0. The van der Waals surface area contributed by atoms with Gasteiger partial charge in [0, 0.05) is 21.9 Å². The molecule has 0 atom stereocenters. The lowest BCUT2D eigenvalue weighted by molar-refractivity contribution is 0.567. The first-order valence-electron chi connectivity index (χ1n) is 8.99. The van der Waals surface area contributed by atoms with E-state index < -0.39 is 0 Å². The molecule has 0 N–H and O–H groups in total. The van der Waals surface area contributed by atoms with Crippen LogP contribution >= 0.6 is 0 Å². The first kappa shape index (κ1) is 17.2. The molecule has 5 aromatic rings. The smallest absolute Gasteiger partial charge is 0.135 e. The molecule has 0 saturated heterocycles. The Kier molecular flexibility index (Phi) is 4.36. The molecule has 0 amide bonds. The Morgan fingerprint density at radius 1 is 0.593 bits per heavy atom. The quantitative estimate of drug-likeness (QED) is 0.314. The fourth-order valence-corrected chi connectivity index (χ4v) is 3.72. The molecule has 0 fully saturated rings. The fraction of sp³-hybridized carbons (Fsp3) is 0.167. The van der Waals surface area contributed by atoms with Crippen LogP contribution in [0.15, 0.2) is 74.7 Å². The van der Waals surface area contributed by atoms with E-state index in [4.69, 9.17) is 8.83 Å². The van der Waals surface area contributed by atoms with Crippen LogP contribution in [-0.2, 0) is 0 Å². The van der Waals surface area contributed by atoms with Crippen LogP contribution in [0.3, 0.4) is 0 Å². The normalized spacial score (nSPS) is 11.0. The van der Waals surface area contributed by atoms with Gasteiger partial charge < -0.3 is 13.3 Å². The SMILES string of the molecule is Cc1cc(C)c2c(-c3coc4cc(C)cc(C)c34)coc2c1.c1ccoc1. The molecule has 3 aromatic heterocycles. The van der Waals surface area contributed by atoms with E-state index in [1.54, 1.807) is 12.5 Å². The average molecular weight is 358 g/mol. The van der Waals surface area contributed by atoms with Gasteiger partial charge >= 0.3 is 0 Å². The minimum atomic E-state index is 0.937. The van der Waals surface area contributed by atoms with E-state index in [2.05, 4.69) is 56.4 Å². The van der Waals surface area contributed by atoms with Crippen molar-refractivity contribution in [3.05, 3.63) is 83.7 Å². The Labute approximate surface area is 158 Å². The van der Waals surface area contributed by atoms with Crippen LogP contribution in [0, 0.1) is 27.7 Å². The summed E-state index contributed by atoms with van der Waals surface area (Å²) in [4.78, 5) is 0. The van der Waals surface area contributed by atoms with E-state index in [0.717, 1.165) is 22.3 Å². The average Bonchev–Trinajstić information content (AvgIpc) is 3.35. The largest absolute Gasteiger partial charge is 0.473 e. The highest BCUT2D eigenvalue weighted by Gasteiger charge is 2.17. The van der Waals surface area contributed by atoms with Gasteiger partial charge in [-0.2, -0.15) is 0 Å². The summed E-state index contributed by atoms with van der Waals surface area (Å²) >= 11 is 0. The first-order valence-corrected chi connectivity index (χ1v) is 8.99. The lowest BCUT2D eigenvalue weighted by Crippen LogP contribution is -1.83. The second kappa shape index (κ2) is 6.84. The van der Waals surface area contributed by atoms with Gasteiger partial charge in [-0.3, -0.25) is 0 Å². The predicted octanol–water partition coefficient (Wildman–Crippen LogP) is 7.36. The lowest BCUT2D eigenvalue weighted by Gasteiger charge is -2.03. The molecular formula is C24H22O3. The standard InChI is InChI=1S/C20H18O2.C4H4O/c1-11-5-13(3)19-15(9-21-17(19)7-11)16-10-22-18-8-12(2)6-14(4)20(16)18;1-2-4-5-3-1/h5-10H,1-4H3;1-4H. The highest BCUT2D eigenvalue weighted by Crippen LogP contribution is 2.39. The highest BCUT2D eigenvalue weighted by atomic mass is 16.3. The van der Waals surface area contributed by atoms with Crippen LogP contribution in [0.25, 0.3) is 33.1 Å². The number of benzene rings is 2. The summed E-state index contributed by atoms with van der Waals surface area (Å²) in [5, 5.41) is 2.35. The molecular weight excluding hydrogens is 336 g/mol. The summed E-state index contributed by atoms with van der Waals surface area (Å²) in [7, 11) is 0. The van der Waals surface area contributed by atoms with Crippen LogP contribution in [0.2, 0.25) is 0 Å². The van der Waals surface area contributed by atoms with Crippen molar-refractivity contribution in [1.82, 2.24) is 0 Å². The van der Waals surface area contributed by atoms with Crippen molar-refractivity contribution >= 4 is 21.9 Å². The molecule has 0 spiro atoms. The molecule has 0 saturated carbocycles. The van der Waals surface area contributed by atoms with Gasteiger partial charge in [0.05, 0.1) is 25.1 Å². The van der Waals surface area contributed by atoms with Crippen molar-refractivity contribution in [1.29, 1.82) is 0 Å². The van der Waals surface area contributed by atoms with Crippen LogP contribution < -0.4 is 0 Å². The van der Waals surface area contributed by atoms with Crippen LogP contribution in [-0.4, -0.2) is 0 Å². The molecule has 0 radical (unpaired) electrons. The zero-order valence-electron chi connectivity index (χ0n) is 16.0. The number of rotatable bonds is 1. The predicted molar refractivity (Wildman–Crippen MR) is 109 cm³/mol. The molecule has 136 valence electrons. The maximum atomic E-state index is 5.81. The fourth-order valence-electron chi connectivity index (χ4n) is 3.72. The molecule has 0 aliphatic heterocycles. The second-order valence-electron chi connectivity index (χ2n) is 7.00. The number of aryl methyl sites for hydroxylation is 4. The van der Waals surface area contributed by atoms with E-state index >= 15 is 0 Å². The molecule has 0 bridgehead atoms. The third kappa shape index (κ3) is 3.17. The van der Waals surface area contributed by atoms with Gasteiger partial charge in [-0.1, -0.05) is 12.1 Å². The lowest BCUT2D eigenvalue weighted by atomic mass is 9.97. The summed E-state index contributed by atoms with van der Waals surface area (Å²) < 4.78 is 16.2. The minimum Gasteiger partial charge on any atom is -0.473 e. The minimum absolute atomic E-state index is 0.937. The molecule has 5 rings (SSSR count). The maximum Gasteiger partial charge on any atom is 0.135 e. The van der Waals surface area contributed by atoms with Crippen molar-refractivity contribution in [2.75, 3.05) is 0 Å². The monoisotopic (exact) mass is 358 g/mol. The molecule has 3 heterocycles. The molecule has 0 aliphatic rings. The molecule has 0 unspecified atom stereocenters. The second-order valence-corrected chi connectivity index (χ2v) is 7.00. The van der Waals surface area contributed by atoms with E-state index in [1.807, 2.05) is 24.7 Å². The van der Waals surface area contributed by atoms with Crippen LogP contribution in [0.1, 0.15) is 22.3 Å². The number of furan rings is 3. The van der Waals surface area contributed by atoms with Crippen molar-refractivity contribution in [2.24, 2.45) is 0 Å². The van der Waals surface area contributed by atoms with Crippen molar-refractivity contribution in [3.8, 4) is 11.1 Å². The Balaban J connectivity index is 0.000000314. The van der Waals surface area contributed by atoms with E-state index in [9.17, 15) is 0 Å². The van der Waals surface area contributed by atoms with Gasteiger partial charge in [0.1, 0.15) is 11.2 Å². The Bertz CT molecular complexity index is 1100. The number of fused-ring (bicyclic) bond motifs is 2. The van der Waals surface area contributed by atoms with Gasteiger partial charge in [-0.25, -0.2) is 0 Å².